The first-order chi connectivity index (χ1) is 5.24. The molecular formula is C10H15N. The minimum absolute atomic E-state index is 0.644. The molecule has 0 aromatic heterocycles. The van der Waals surface area contributed by atoms with Gasteiger partial charge >= 0.3 is 0 Å². The highest BCUT2D eigenvalue weighted by atomic mass is 14.3. The third kappa shape index (κ3) is 2.08. The molecular weight excluding hydrogens is 134 g/mol. The molecule has 0 amide bonds. The largest absolute Gasteiger partial charge is 0.193 e. The van der Waals surface area contributed by atoms with Crippen LogP contribution in [0, 0.1) is 23.2 Å². The van der Waals surface area contributed by atoms with E-state index in [4.69, 9.17) is 5.26 Å². The van der Waals surface area contributed by atoms with Crippen molar-refractivity contribution < 1.29 is 0 Å². The van der Waals surface area contributed by atoms with Gasteiger partial charge in [0, 0.05) is 6.08 Å². The molecule has 1 nitrogen and oxygen atoms in total. The molecule has 60 valence electrons. The van der Waals surface area contributed by atoms with E-state index in [-0.39, 0.29) is 0 Å². The van der Waals surface area contributed by atoms with Crippen molar-refractivity contribution in [2.24, 2.45) is 11.8 Å². The molecule has 0 aliphatic heterocycles. The van der Waals surface area contributed by atoms with Gasteiger partial charge in [0.05, 0.1) is 6.07 Å². The molecule has 0 spiro atoms. The lowest BCUT2D eigenvalue weighted by Gasteiger charge is -2.25. The summed E-state index contributed by atoms with van der Waals surface area (Å²) in [6.07, 6.45) is 5.45. The van der Waals surface area contributed by atoms with E-state index < -0.39 is 0 Å². The Balaban J connectivity index is 2.63. The van der Waals surface area contributed by atoms with Gasteiger partial charge in [0.25, 0.3) is 0 Å². The highest BCUT2D eigenvalue weighted by Gasteiger charge is 2.18. The number of allylic oxidation sites excluding steroid dienone is 2. The Morgan fingerprint density at radius 1 is 1.45 bits per heavy atom. The summed E-state index contributed by atoms with van der Waals surface area (Å²) in [7, 11) is 0. The molecule has 0 saturated heterocycles. The van der Waals surface area contributed by atoms with Gasteiger partial charge < -0.3 is 0 Å². The van der Waals surface area contributed by atoms with Crippen molar-refractivity contribution in [2.75, 3.05) is 0 Å². The summed E-state index contributed by atoms with van der Waals surface area (Å²) < 4.78 is 0. The van der Waals surface area contributed by atoms with Crippen LogP contribution in [0.4, 0.5) is 0 Å². The van der Waals surface area contributed by atoms with Gasteiger partial charge in [-0.25, -0.2) is 0 Å². The maximum absolute atomic E-state index is 8.50. The molecule has 0 heterocycles. The van der Waals surface area contributed by atoms with Crippen LogP contribution in [0.25, 0.3) is 0 Å². The first-order valence-corrected chi connectivity index (χ1v) is 4.32. The van der Waals surface area contributed by atoms with Gasteiger partial charge in [0.15, 0.2) is 0 Å². The fourth-order valence-corrected chi connectivity index (χ4v) is 1.71. The van der Waals surface area contributed by atoms with Gasteiger partial charge in [0.2, 0.25) is 0 Å². The molecule has 0 N–H and O–H groups in total. The summed E-state index contributed by atoms with van der Waals surface area (Å²) in [6, 6.07) is 2.13. The van der Waals surface area contributed by atoms with Crippen molar-refractivity contribution in [3.05, 3.63) is 11.6 Å². The second kappa shape index (κ2) is 3.57. The predicted molar refractivity (Wildman–Crippen MR) is 45.9 cm³/mol. The van der Waals surface area contributed by atoms with E-state index in [1.807, 2.05) is 0 Å². The third-order valence-corrected chi connectivity index (χ3v) is 2.56. The summed E-state index contributed by atoms with van der Waals surface area (Å²) in [5.74, 6) is 1.43. The van der Waals surface area contributed by atoms with Crippen LogP contribution in [0.15, 0.2) is 11.6 Å². The summed E-state index contributed by atoms with van der Waals surface area (Å²) in [6.45, 7) is 4.48. The number of nitrogens with zero attached hydrogens (tertiary/aromatic N) is 1. The molecule has 1 aliphatic rings. The summed E-state index contributed by atoms with van der Waals surface area (Å²) in [5.41, 5.74) is 1.35. The Hall–Kier alpha value is -0.770. The van der Waals surface area contributed by atoms with Crippen LogP contribution in [0.3, 0.4) is 0 Å². The van der Waals surface area contributed by atoms with E-state index >= 15 is 0 Å². The van der Waals surface area contributed by atoms with E-state index in [0.717, 1.165) is 12.3 Å². The maximum atomic E-state index is 8.50. The lowest BCUT2D eigenvalue weighted by molar-refractivity contribution is 0.387. The first-order valence-electron chi connectivity index (χ1n) is 4.32. The fraction of sp³-hybridized carbons (Fsp3) is 0.700. The van der Waals surface area contributed by atoms with Gasteiger partial charge in [-0.15, -0.1) is 0 Å². The first kappa shape index (κ1) is 8.33. The van der Waals surface area contributed by atoms with Crippen LogP contribution in [0.5, 0.6) is 0 Å². The lowest BCUT2D eigenvalue weighted by atomic mass is 9.80. The smallest absolute Gasteiger partial charge is 0.0911 e. The number of nitriles is 1. The van der Waals surface area contributed by atoms with E-state index in [2.05, 4.69) is 19.9 Å². The summed E-state index contributed by atoms with van der Waals surface area (Å²) in [5, 5.41) is 8.50. The normalized spacial score (nSPS) is 35.2. The van der Waals surface area contributed by atoms with Crippen molar-refractivity contribution in [3.63, 3.8) is 0 Å². The van der Waals surface area contributed by atoms with Crippen molar-refractivity contribution >= 4 is 0 Å². The minimum Gasteiger partial charge on any atom is -0.193 e. The zero-order valence-electron chi connectivity index (χ0n) is 7.30. The van der Waals surface area contributed by atoms with Crippen LogP contribution < -0.4 is 0 Å². The van der Waals surface area contributed by atoms with Crippen LogP contribution >= 0.6 is 0 Å². The Morgan fingerprint density at radius 3 is 2.82 bits per heavy atom. The molecule has 11 heavy (non-hydrogen) atoms. The van der Waals surface area contributed by atoms with E-state index in [0.29, 0.717) is 5.92 Å². The van der Waals surface area contributed by atoms with Crippen LogP contribution in [-0.2, 0) is 0 Å². The van der Waals surface area contributed by atoms with Gasteiger partial charge in [-0.2, -0.15) is 5.26 Å². The van der Waals surface area contributed by atoms with E-state index in [1.54, 1.807) is 6.08 Å². The Kier molecular flexibility index (Phi) is 2.70. The SMILES string of the molecule is CC1CCC(C)C(=CC#N)C1. The molecule has 1 aliphatic carbocycles. The molecule has 0 aromatic carbocycles. The van der Waals surface area contributed by atoms with Gasteiger partial charge in [0.1, 0.15) is 0 Å². The molecule has 1 fully saturated rings. The van der Waals surface area contributed by atoms with Crippen molar-refractivity contribution in [1.82, 2.24) is 0 Å². The lowest BCUT2D eigenvalue weighted by Crippen LogP contribution is -2.12. The Bertz CT molecular complexity index is 197. The van der Waals surface area contributed by atoms with E-state index in [1.165, 1.54) is 18.4 Å². The average Bonchev–Trinajstić information content (AvgIpc) is 1.98. The molecule has 1 rings (SSSR count). The molecule has 2 atom stereocenters. The average molecular weight is 149 g/mol. The second-order valence-electron chi connectivity index (χ2n) is 3.64. The zero-order valence-corrected chi connectivity index (χ0v) is 7.30. The van der Waals surface area contributed by atoms with E-state index in [9.17, 15) is 0 Å². The van der Waals surface area contributed by atoms with Crippen molar-refractivity contribution in [2.45, 2.75) is 33.1 Å². The predicted octanol–water partition coefficient (Wildman–Crippen LogP) is 2.89. The fourth-order valence-electron chi connectivity index (χ4n) is 1.71. The molecule has 0 aromatic rings. The number of rotatable bonds is 0. The van der Waals surface area contributed by atoms with Crippen LogP contribution in [0.2, 0.25) is 0 Å². The molecule has 2 unspecified atom stereocenters. The molecule has 0 radical (unpaired) electrons. The number of hydrogen-bond donors (Lipinski definition) is 0. The monoisotopic (exact) mass is 149 g/mol. The van der Waals surface area contributed by atoms with Crippen LogP contribution in [-0.4, -0.2) is 0 Å². The van der Waals surface area contributed by atoms with Gasteiger partial charge in [-0.05, 0) is 31.1 Å². The van der Waals surface area contributed by atoms with Crippen LogP contribution in [0.1, 0.15) is 33.1 Å². The molecule has 0 bridgehead atoms. The maximum Gasteiger partial charge on any atom is 0.0911 e. The quantitative estimate of drug-likeness (QED) is 0.486. The molecule has 1 heteroatoms. The Labute approximate surface area is 68.7 Å². The van der Waals surface area contributed by atoms with Gasteiger partial charge in [-0.3, -0.25) is 0 Å². The third-order valence-electron chi connectivity index (χ3n) is 2.56. The topological polar surface area (TPSA) is 23.8 Å². The highest BCUT2D eigenvalue weighted by Crippen LogP contribution is 2.32. The summed E-state index contributed by atoms with van der Waals surface area (Å²) >= 11 is 0. The zero-order chi connectivity index (χ0) is 8.27. The Morgan fingerprint density at radius 2 is 2.18 bits per heavy atom. The van der Waals surface area contributed by atoms with Gasteiger partial charge in [-0.1, -0.05) is 19.4 Å². The molecule has 1 saturated carbocycles. The minimum atomic E-state index is 0.644. The van der Waals surface area contributed by atoms with Crippen molar-refractivity contribution in [1.29, 1.82) is 5.26 Å². The van der Waals surface area contributed by atoms with Crippen molar-refractivity contribution in [3.8, 4) is 6.07 Å². The highest BCUT2D eigenvalue weighted by molar-refractivity contribution is 5.17. The second-order valence-corrected chi connectivity index (χ2v) is 3.64. The summed E-state index contributed by atoms with van der Waals surface area (Å²) in [4.78, 5) is 0. The standard InChI is InChI=1S/C10H15N/c1-8-3-4-9(2)10(7-8)5-6-11/h5,8-9H,3-4,7H2,1-2H3. The number of hydrogen-bond acceptors (Lipinski definition) is 1.